The number of halogens is 11. The van der Waals surface area contributed by atoms with Crippen molar-refractivity contribution in [2.45, 2.75) is 24.3 Å². The smallest absolute Gasteiger partial charge is 0.332 e. The van der Waals surface area contributed by atoms with E-state index in [2.05, 4.69) is 0 Å². The molecule has 0 radical (unpaired) electrons. The van der Waals surface area contributed by atoms with Gasteiger partial charge in [0.2, 0.25) is 5.82 Å². The maximum absolute atomic E-state index is 14.9. The van der Waals surface area contributed by atoms with Gasteiger partial charge in [-0.25, -0.2) is 22.0 Å². The van der Waals surface area contributed by atoms with E-state index in [1.807, 2.05) is 53.1 Å². The zero-order valence-electron chi connectivity index (χ0n) is 25.5. The lowest BCUT2D eigenvalue weighted by Gasteiger charge is -2.34. The van der Waals surface area contributed by atoms with E-state index < -0.39 is 81.3 Å². The number of benzene rings is 5. The molecule has 258 valence electrons. The van der Waals surface area contributed by atoms with Crippen molar-refractivity contribution in [3.8, 4) is 11.1 Å². The quantitative estimate of drug-likeness (QED) is 0.101. The highest BCUT2D eigenvalue weighted by Crippen LogP contribution is 2.56. The highest BCUT2D eigenvalue weighted by Gasteiger charge is 2.48. The van der Waals surface area contributed by atoms with Crippen LogP contribution in [0.1, 0.15) is 22.6 Å². The number of anilines is 2. The second-order valence-corrected chi connectivity index (χ2v) is 12.1. The molecular formula is C38H19F11N2. The molecule has 0 fully saturated rings. The van der Waals surface area contributed by atoms with Crippen molar-refractivity contribution in [2.24, 2.45) is 0 Å². The Kier molecular flexibility index (Phi) is 7.17. The summed E-state index contributed by atoms with van der Waals surface area (Å²) in [5, 5.41) is 1.85. The van der Waals surface area contributed by atoms with E-state index in [1.54, 1.807) is 24.3 Å². The topological polar surface area (TPSA) is 8.17 Å². The molecule has 0 amide bonds. The summed E-state index contributed by atoms with van der Waals surface area (Å²) in [4.78, 5) is 0.865. The number of hydrogen-bond acceptors (Lipinski definition) is 1. The van der Waals surface area contributed by atoms with Crippen LogP contribution >= 0.6 is 0 Å². The third kappa shape index (κ3) is 4.84. The lowest BCUT2D eigenvalue weighted by molar-refractivity contribution is -0.142. The van der Waals surface area contributed by atoms with Crippen LogP contribution in [0, 0.1) is 29.1 Å². The van der Waals surface area contributed by atoms with Crippen molar-refractivity contribution < 1.29 is 48.3 Å². The van der Waals surface area contributed by atoms with Crippen LogP contribution in [0.25, 0.3) is 38.6 Å². The number of fused-ring (bicyclic) bond motifs is 6. The monoisotopic (exact) mass is 712 g/mol. The summed E-state index contributed by atoms with van der Waals surface area (Å²) in [6.45, 7) is 0. The fraction of sp³-hybridized carbons (Fsp3) is 0.105. The Morgan fingerprint density at radius 2 is 1.06 bits per heavy atom. The van der Waals surface area contributed by atoms with Gasteiger partial charge in [0.15, 0.2) is 23.3 Å². The number of alkyl halides is 6. The second kappa shape index (κ2) is 11.2. The largest absolute Gasteiger partial charge is 0.418 e. The second-order valence-electron chi connectivity index (χ2n) is 12.1. The Morgan fingerprint density at radius 1 is 0.569 bits per heavy atom. The van der Waals surface area contributed by atoms with Crippen LogP contribution in [0.5, 0.6) is 0 Å². The summed E-state index contributed by atoms with van der Waals surface area (Å²) in [6, 6.07) is 19.8. The summed E-state index contributed by atoms with van der Waals surface area (Å²) in [6.07, 6.45) is -6.34. The molecule has 13 heteroatoms. The van der Waals surface area contributed by atoms with Crippen LogP contribution in [0.4, 0.5) is 59.7 Å². The minimum Gasteiger partial charge on any atom is -0.332 e. The highest BCUT2D eigenvalue weighted by molar-refractivity contribution is 6.10. The molecule has 2 aliphatic rings. The Bertz CT molecular complexity index is 2370. The third-order valence-electron chi connectivity index (χ3n) is 9.33. The standard InChI is InChI=1S/C38H19F11N2/c39-31-30(32(40)34(42)35(43)33(31)41)18-15-24(37(44,45)46)36(25(16-18)38(47,48)49)51-28-12-6-3-9-22(28)23-17-19(13-14-29(23)51)50-26-10-4-1-7-20(26)21-8-2-5-11-27(21)50/h1-17,23,29H. The molecule has 0 spiro atoms. The minimum absolute atomic E-state index is 0.00291. The molecule has 0 N–H and O–H groups in total. The van der Waals surface area contributed by atoms with Gasteiger partial charge in [0.05, 0.1) is 39.5 Å². The molecule has 1 aromatic heterocycles. The van der Waals surface area contributed by atoms with E-state index in [4.69, 9.17) is 0 Å². The Hall–Kier alpha value is -5.59. The van der Waals surface area contributed by atoms with Crippen molar-refractivity contribution in [1.82, 2.24) is 4.57 Å². The van der Waals surface area contributed by atoms with E-state index in [-0.39, 0.29) is 17.8 Å². The zero-order valence-corrected chi connectivity index (χ0v) is 25.5. The number of allylic oxidation sites excluding steroid dienone is 2. The van der Waals surface area contributed by atoms with Gasteiger partial charge in [-0.2, -0.15) is 26.3 Å². The molecular weight excluding hydrogens is 693 g/mol. The van der Waals surface area contributed by atoms with E-state index in [0.717, 1.165) is 26.7 Å². The number of aromatic nitrogens is 1. The predicted molar refractivity (Wildman–Crippen MR) is 170 cm³/mol. The maximum Gasteiger partial charge on any atom is 0.418 e. The molecule has 0 bridgehead atoms. The average Bonchev–Trinajstić information content (AvgIpc) is 3.61. The first-order valence-corrected chi connectivity index (χ1v) is 15.3. The van der Waals surface area contributed by atoms with E-state index in [9.17, 15) is 48.3 Å². The first-order valence-electron chi connectivity index (χ1n) is 15.3. The lowest BCUT2D eigenvalue weighted by atomic mass is 9.89. The van der Waals surface area contributed by atoms with Crippen molar-refractivity contribution in [3.63, 3.8) is 0 Å². The van der Waals surface area contributed by atoms with Gasteiger partial charge in [0, 0.05) is 28.1 Å². The molecule has 5 aromatic carbocycles. The van der Waals surface area contributed by atoms with Gasteiger partial charge in [-0.3, -0.25) is 0 Å². The molecule has 1 aliphatic heterocycles. The summed E-state index contributed by atoms with van der Waals surface area (Å²) >= 11 is 0. The molecule has 6 aromatic rings. The fourth-order valence-corrected chi connectivity index (χ4v) is 7.27. The average molecular weight is 713 g/mol. The first-order chi connectivity index (χ1) is 24.2. The van der Waals surface area contributed by atoms with Crippen molar-refractivity contribution >= 4 is 38.9 Å². The van der Waals surface area contributed by atoms with Crippen LogP contribution in [0.3, 0.4) is 0 Å². The van der Waals surface area contributed by atoms with Crippen molar-refractivity contribution in [2.75, 3.05) is 4.90 Å². The number of hydrogen-bond donors (Lipinski definition) is 0. The van der Waals surface area contributed by atoms with Crippen molar-refractivity contribution in [1.29, 1.82) is 0 Å². The van der Waals surface area contributed by atoms with Gasteiger partial charge in [-0.05, 0) is 47.5 Å². The fourth-order valence-electron chi connectivity index (χ4n) is 7.27. The maximum atomic E-state index is 14.9. The highest BCUT2D eigenvalue weighted by atomic mass is 19.4. The number of rotatable bonds is 3. The SMILES string of the molecule is Fc1c(F)c(F)c(-c2cc(C(F)(F)F)c(N3c4ccccc4C4C=C(n5c6ccccc6c6ccccc65)C=CC43)c(C(F)(F)F)c2)c(F)c1F. The molecule has 2 heterocycles. The molecule has 0 saturated carbocycles. The van der Waals surface area contributed by atoms with Gasteiger partial charge in [0.25, 0.3) is 0 Å². The molecule has 0 saturated heterocycles. The molecule has 51 heavy (non-hydrogen) atoms. The predicted octanol–water partition coefficient (Wildman–Crippen LogP) is 11.9. The van der Waals surface area contributed by atoms with Gasteiger partial charge >= 0.3 is 12.4 Å². The van der Waals surface area contributed by atoms with Gasteiger partial charge in [0.1, 0.15) is 0 Å². The third-order valence-corrected chi connectivity index (χ3v) is 9.33. The van der Waals surface area contributed by atoms with Crippen LogP contribution in [-0.2, 0) is 12.4 Å². The van der Waals surface area contributed by atoms with E-state index in [0.29, 0.717) is 11.3 Å². The van der Waals surface area contributed by atoms with Gasteiger partial charge < -0.3 is 9.47 Å². The Labute approximate surface area is 280 Å². The summed E-state index contributed by atoms with van der Waals surface area (Å²) in [5.41, 5.74) is -6.15. The van der Waals surface area contributed by atoms with Crippen LogP contribution < -0.4 is 4.90 Å². The number of para-hydroxylation sites is 3. The first kappa shape index (κ1) is 32.6. The van der Waals surface area contributed by atoms with Crippen LogP contribution in [0.15, 0.2) is 103 Å². The molecule has 1 aliphatic carbocycles. The van der Waals surface area contributed by atoms with Crippen LogP contribution in [0.2, 0.25) is 0 Å². The summed E-state index contributed by atoms with van der Waals surface area (Å²) < 4.78 is 163. The van der Waals surface area contributed by atoms with E-state index in [1.165, 1.54) is 18.2 Å². The summed E-state index contributed by atoms with van der Waals surface area (Å²) in [7, 11) is 0. The Balaban J connectivity index is 1.36. The molecule has 2 nitrogen and oxygen atoms in total. The van der Waals surface area contributed by atoms with E-state index >= 15 is 0 Å². The zero-order chi connectivity index (χ0) is 36.1. The van der Waals surface area contributed by atoms with Crippen molar-refractivity contribution in [3.05, 3.63) is 149 Å². The lowest BCUT2D eigenvalue weighted by Crippen LogP contribution is -2.33. The molecule has 8 rings (SSSR count). The van der Waals surface area contributed by atoms with Gasteiger partial charge in [-0.1, -0.05) is 66.7 Å². The van der Waals surface area contributed by atoms with Crippen LogP contribution in [-0.4, -0.2) is 10.6 Å². The van der Waals surface area contributed by atoms with Gasteiger partial charge in [-0.15, -0.1) is 0 Å². The molecule has 2 unspecified atom stereocenters. The minimum atomic E-state index is -5.59. The Morgan fingerprint density at radius 3 is 1.61 bits per heavy atom. The number of nitrogens with zero attached hydrogens (tertiary/aromatic N) is 2. The summed E-state index contributed by atoms with van der Waals surface area (Å²) in [5.74, 6) is -13.6. The normalized spacial score (nSPS) is 17.3. The molecule has 2 atom stereocenters.